The number of ether oxygens (including phenoxy) is 2. The normalized spacial score (nSPS) is 16.1. The molecule has 46 heavy (non-hydrogen) atoms. The molecule has 1 aliphatic heterocycles. The highest BCUT2D eigenvalue weighted by Gasteiger charge is 2.42. The maximum Gasteiger partial charge on any atom is 0.257 e. The third-order valence-electron chi connectivity index (χ3n) is 7.71. The third-order valence-corrected chi connectivity index (χ3v) is 8.00. The lowest BCUT2D eigenvalue weighted by Crippen LogP contribution is -2.60. The van der Waals surface area contributed by atoms with Crippen LogP contribution in [0, 0.1) is 11.2 Å². The number of carbonyl (C=O) groups is 3. The summed E-state index contributed by atoms with van der Waals surface area (Å²) in [6.07, 6.45) is 2.63. The highest BCUT2D eigenvalue weighted by atomic mass is 35.5. The Labute approximate surface area is 272 Å². The molecular weight excluding hydrogens is 617 g/mol. The third kappa shape index (κ3) is 8.08. The average molecular weight is 658 g/mol. The number of anilines is 3. The van der Waals surface area contributed by atoms with Gasteiger partial charge in [0.15, 0.2) is 0 Å². The van der Waals surface area contributed by atoms with Crippen LogP contribution in [-0.2, 0) is 19.1 Å². The Morgan fingerprint density at radius 1 is 1.17 bits per heavy atom. The number of imide groups is 1. The number of likely N-dealkylation sites (N-methyl/N-ethyl adjacent to an activating group) is 1. The number of methoxy groups -OCH3 is 1. The van der Waals surface area contributed by atoms with Crippen LogP contribution in [0.4, 0.5) is 21.6 Å². The molecule has 1 aliphatic rings. The van der Waals surface area contributed by atoms with E-state index in [-0.39, 0.29) is 29.7 Å². The SMILES string of the molecule is CN[C@@H](C)C(=O)N[C@H](C(=O)N(C(=O)[C@@H]1CCCN1)c1cc2c(Nc3ccc(F)c(Cl)c3)ncnc2cc1OCCOC)C(C)(C)C. The van der Waals surface area contributed by atoms with Crippen molar-refractivity contribution in [3.05, 3.63) is 47.5 Å². The zero-order valence-corrected chi connectivity index (χ0v) is 27.6. The van der Waals surface area contributed by atoms with Crippen LogP contribution in [0.5, 0.6) is 5.75 Å². The minimum Gasteiger partial charge on any atom is -0.489 e. The lowest BCUT2D eigenvalue weighted by atomic mass is 9.85. The van der Waals surface area contributed by atoms with Crippen LogP contribution in [0.15, 0.2) is 36.7 Å². The van der Waals surface area contributed by atoms with Gasteiger partial charge in [-0.25, -0.2) is 19.3 Å². The smallest absolute Gasteiger partial charge is 0.257 e. The van der Waals surface area contributed by atoms with Gasteiger partial charge in [-0.1, -0.05) is 32.4 Å². The van der Waals surface area contributed by atoms with Crippen molar-refractivity contribution in [2.24, 2.45) is 5.41 Å². The molecule has 1 saturated heterocycles. The van der Waals surface area contributed by atoms with Gasteiger partial charge in [-0.15, -0.1) is 0 Å². The maximum atomic E-state index is 14.7. The Morgan fingerprint density at radius 3 is 2.57 bits per heavy atom. The van der Waals surface area contributed by atoms with Crippen LogP contribution in [0.3, 0.4) is 0 Å². The predicted molar refractivity (Wildman–Crippen MR) is 175 cm³/mol. The molecule has 2 aromatic carbocycles. The summed E-state index contributed by atoms with van der Waals surface area (Å²) in [5.74, 6) is -1.55. The van der Waals surface area contributed by atoms with E-state index in [1.54, 1.807) is 26.1 Å². The molecule has 3 amide bonds. The summed E-state index contributed by atoms with van der Waals surface area (Å²) in [6, 6.07) is 5.07. The number of hydrogen-bond donors (Lipinski definition) is 4. The van der Waals surface area contributed by atoms with E-state index in [1.807, 2.05) is 20.8 Å². The van der Waals surface area contributed by atoms with Gasteiger partial charge in [0.05, 0.1) is 34.9 Å². The molecule has 14 heteroatoms. The molecule has 0 spiro atoms. The van der Waals surface area contributed by atoms with Crippen LogP contribution in [0.25, 0.3) is 10.9 Å². The zero-order valence-electron chi connectivity index (χ0n) is 26.9. The van der Waals surface area contributed by atoms with E-state index >= 15 is 0 Å². The number of nitrogens with one attached hydrogen (secondary N) is 4. The summed E-state index contributed by atoms with van der Waals surface area (Å²) in [6.45, 7) is 8.11. The first-order valence-corrected chi connectivity index (χ1v) is 15.4. The summed E-state index contributed by atoms with van der Waals surface area (Å²) >= 11 is 6.01. The van der Waals surface area contributed by atoms with E-state index in [1.165, 1.54) is 31.6 Å². The Bertz CT molecular complexity index is 1580. The minimum atomic E-state index is -1.09. The van der Waals surface area contributed by atoms with Crippen molar-refractivity contribution in [3.8, 4) is 5.75 Å². The van der Waals surface area contributed by atoms with Gasteiger partial charge in [-0.05, 0) is 63.0 Å². The lowest BCUT2D eigenvalue weighted by molar-refractivity contribution is -0.134. The molecule has 0 unspecified atom stereocenters. The molecule has 2 heterocycles. The average Bonchev–Trinajstić information content (AvgIpc) is 3.56. The summed E-state index contributed by atoms with van der Waals surface area (Å²) in [7, 11) is 3.18. The van der Waals surface area contributed by atoms with Gasteiger partial charge in [-0.2, -0.15) is 0 Å². The number of hydrogen-bond acceptors (Lipinski definition) is 10. The van der Waals surface area contributed by atoms with Gasteiger partial charge in [0, 0.05) is 24.2 Å². The minimum absolute atomic E-state index is 0.0767. The molecule has 0 bridgehead atoms. The van der Waals surface area contributed by atoms with E-state index in [0.29, 0.717) is 35.4 Å². The summed E-state index contributed by atoms with van der Waals surface area (Å²) < 4.78 is 25.1. The second kappa shape index (κ2) is 15.1. The van der Waals surface area contributed by atoms with Gasteiger partial charge in [0.25, 0.3) is 11.8 Å². The van der Waals surface area contributed by atoms with Crippen LogP contribution in [0.2, 0.25) is 5.02 Å². The number of rotatable bonds is 12. The Morgan fingerprint density at radius 2 is 1.93 bits per heavy atom. The quantitative estimate of drug-likeness (QED) is 0.211. The van der Waals surface area contributed by atoms with Crippen molar-refractivity contribution in [1.29, 1.82) is 0 Å². The number of amides is 3. The van der Waals surface area contributed by atoms with Gasteiger partial charge >= 0.3 is 0 Å². The Balaban J connectivity index is 1.91. The number of halogens is 2. The number of benzene rings is 2. The first-order valence-electron chi connectivity index (χ1n) is 15.1. The fraction of sp³-hybridized carbons (Fsp3) is 0.469. The number of carbonyl (C=O) groups excluding carboxylic acids is 3. The van der Waals surface area contributed by atoms with Gasteiger partial charge in [0.1, 0.15) is 36.4 Å². The first kappa shape index (κ1) is 35.0. The standard InChI is InChI=1S/C32H41ClFN7O5/c1-18(35-5)29(42)40-27(32(2,3)4)31(44)41(30(43)23-8-7-11-36-23)25-15-20-24(16-26(25)46-13-12-45-6)37-17-38-28(20)39-19-9-10-22(34)21(33)14-19/h9-10,14-18,23,27,35-36H,7-8,11-13H2,1-6H3,(H,40,42)(H,37,38,39)/t18-,23-,27+/m0/s1. The van der Waals surface area contributed by atoms with E-state index in [4.69, 9.17) is 21.1 Å². The molecule has 12 nitrogen and oxygen atoms in total. The van der Waals surface area contributed by atoms with Crippen molar-refractivity contribution >= 4 is 57.4 Å². The number of aromatic nitrogens is 2. The van der Waals surface area contributed by atoms with Gasteiger partial charge < -0.3 is 30.7 Å². The van der Waals surface area contributed by atoms with Crippen LogP contribution >= 0.6 is 11.6 Å². The Hall–Kier alpha value is -3.91. The largest absolute Gasteiger partial charge is 0.489 e. The molecule has 1 aromatic heterocycles. The first-order chi connectivity index (χ1) is 21.8. The summed E-state index contributed by atoms with van der Waals surface area (Å²) in [5, 5.41) is 12.4. The lowest BCUT2D eigenvalue weighted by Gasteiger charge is -2.36. The van der Waals surface area contributed by atoms with Crippen molar-refractivity contribution < 1.29 is 28.2 Å². The second-order valence-electron chi connectivity index (χ2n) is 12.1. The van der Waals surface area contributed by atoms with Crippen LogP contribution in [0.1, 0.15) is 40.5 Å². The zero-order chi connectivity index (χ0) is 33.6. The molecule has 1 fully saturated rings. The second-order valence-corrected chi connectivity index (χ2v) is 12.5. The van der Waals surface area contributed by atoms with E-state index in [2.05, 4.69) is 31.2 Å². The Kier molecular flexibility index (Phi) is 11.5. The van der Waals surface area contributed by atoms with Gasteiger partial charge in [0.2, 0.25) is 5.91 Å². The van der Waals surface area contributed by atoms with E-state index in [9.17, 15) is 18.8 Å². The fourth-order valence-electron chi connectivity index (χ4n) is 4.98. The van der Waals surface area contributed by atoms with Crippen molar-refractivity contribution in [2.75, 3.05) is 44.1 Å². The number of fused-ring (bicyclic) bond motifs is 1. The number of nitrogens with zero attached hydrogens (tertiary/aromatic N) is 3. The molecule has 0 saturated carbocycles. The van der Waals surface area contributed by atoms with Gasteiger partial charge in [-0.3, -0.25) is 14.4 Å². The fourth-order valence-corrected chi connectivity index (χ4v) is 5.16. The molecule has 3 aromatic rings. The molecular formula is C32H41ClFN7O5. The topological polar surface area (TPSA) is 147 Å². The van der Waals surface area contributed by atoms with Crippen molar-refractivity contribution in [3.63, 3.8) is 0 Å². The van der Waals surface area contributed by atoms with Crippen LogP contribution < -0.4 is 30.9 Å². The highest BCUT2D eigenvalue weighted by molar-refractivity contribution is 6.31. The molecule has 0 aliphatic carbocycles. The van der Waals surface area contributed by atoms with Crippen molar-refractivity contribution in [1.82, 2.24) is 25.9 Å². The maximum absolute atomic E-state index is 14.7. The molecule has 4 N–H and O–H groups in total. The van der Waals surface area contributed by atoms with Crippen molar-refractivity contribution in [2.45, 2.75) is 58.7 Å². The van der Waals surface area contributed by atoms with Crippen LogP contribution in [-0.4, -0.2) is 79.7 Å². The summed E-state index contributed by atoms with van der Waals surface area (Å²) in [4.78, 5) is 51.9. The molecule has 0 radical (unpaired) electrons. The predicted octanol–water partition coefficient (Wildman–Crippen LogP) is 3.94. The molecule has 4 rings (SSSR count). The highest BCUT2D eigenvalue weighted by Crippen LogP contribution is 2.38. The molecule has 248 valence electrons. The monoisotopic (exact) mass is 657 g/mol. The summed E-state index contributed by atoms with van der Waals surface area (Å²) in [5.41, 5.74) is 0.270. The van der Waals surface area contributed by atoms with E-state index in [0.717, 1.165) is 11.3 Å². The molecule has 3 atom stereocenters. The van der Waals surface area contributed by atoms with E-state index < -0.39 is 47.1 Å².